The summed E-state index contributed by atoms with van der Waals surface area (Å²) in [6.07, 6.45) is 1.65. The van der Waals surface area contributed by atoms with Gasteiger partial charge in [0.1, 0.15) is 0 Å². The lowest BCUT2D eigenvalue weighted by atomic mass is 9.92. The maximum Gasteiger partial charge on any atom is 0.308 e. The monoisotopic (exact) mass is 320 g/mol. The van der Waals surface area contributed by atoms with Crippen molar-refractivity contribution in [2.45, 2.75) is 39.2 Å². The van der Waals surface area contributed by atoms with E-state index in [1.54, 1.807) is 12.1 Å². The number of hydrogen-bond donors (Lipinski definition) is 1. The number of carbonyl (C=O) groups excluding carboxylic acids is 1. The van der Waals surface area contributed by atoms with Gasteiger partial charge < -0.3 is 10.0 Å². The fraction of sp³-hybridized carbons (Fsp3) is 0.500. The number of carboxylic acid groups (broad SMARTS) is 1. The van der Waals surface area contributed by atoms with Crippen molar-refractivity contribution >= 4 is 17.6 Å². The van der Waals surface area contributed by atoms with Crippen LogP contribution >= 0.6 is 0 Å². The van der Waals surface area contributed by atoms with Crippen molar-refractivity contribution in [1.82, 2.24) is 4.90 Å². The number of amides is 1. The van der Waals surface area contributed by atoms with Crippen LogP contribution in [0.1, 0.15) is 42.6 Å². The van der Waals surface area contributed by atoms with Crippen LogP contribution in [0.5, 0.6) is 0 Å². The Morgan fingerprint density at radius 1 is 1.39 bits per heavy atom. The first-order valence-corrected chi connectivity index (χ1v) is 7.66. The molecular weight excluding hydrogens is 300 g/mol. The van der Waals surface area contributed by atoms with Gasteiger partial charge in [-0.25, -0.2) is 0 Å². The molecule has 1 saturated heterocycles. The van der Waals surface area contributed by atoms with Crippen LogP contribution in [0.2, 0.25) is 0 Å². The van der Waals surface area contributed by atoms with Gasteiger partial charge in [0.05, 0.1) is 10.8 Å². The minimum atomic E-state index is -0.915. The number of aryl methyl sites for hydroxylation is 1. The number of piperidine rings is 1. The van der Waals surface area contributed by atoms with Crippen LogP contribution in [-0.2, 0) is 11.2 Å². The summed E-state index contributed by atoms with van der Waals surface area (Å²) in [6, 6.07) is 4.38. The van der Waals surface area contributed by atoms with Crippen molar-refractivity contribution < 1.29 is 19.6 Å². The van der Waals surface area contributed by atoms with E-state index in [0.29, 0.717) is 24.8 Å². The molecule has 0 aliphatic carbocycles. The van der Waals surface area contributed by atoms with Gasteiger partial charge in [-0.05, 0) is 32.3 Å². The summed E-state index contributed by atoms with van der Waals surface area (Å²) < 4.78 is 0. The van der Waals surface area contributed by atoms with Crippen molar-refractivity contribution in [2.24, 2.45) is 5.92 Å². The van der Waals surface area contributed by atoms with Crippen molar-refractivity contribution in [3.63, 3.8) is 0 Å². The van der Waals surface area contributed by atoms with Crippen LogP contribution in [0.15, 0.2) is 18.2 Å². The number of nitro benzene ring substituents is 1. The molecule has 1 heterocycles. The number of benzene rings is 1. The summed E-state index contributed by atoms with van der Waals surface area (Å²) >= 11 is 0. The Kier molecular flexibility index (Phi) is 4.98. The second-order valence-electron chi connectivity index (χ2n) is 5.87. The third kappa shape index (κ3) is 3.49. The minimum Gasteiger partial charge on any atom is -0.481 e. The molecule has 2 unspecified atom stereocenters. The zero-order valence-electron chi connectivity index (χ0n) is 13.2. The Morgan fingerprint density at radius 3 is 2.65 bits per heavy atom. The van der Waals surface area contributed by atoms with Crippen LogP contribution in [0.25, 0.3) is 0 Å². The zero-order chi connectivity index (χ0) is 17.1. The number of carbonyl (C=O) groups is 2. The van der Waals surface area contributed by atoms with E-state index >= 15 is 0 Å². The van der Waals surface area contributed by atoms with Crippen LogP contribution in [0.3, 0.4) is 0 Å². The van der Waals surface area contributed by atoms with Gasteiger partial charge in [0.25, 0.3) is 11.6 Å². The van der Waals surface area contributed by atoms with Crippen LogP contribution in [0.4, 0.5) is 5.69 Å². The van der Waals surface area contributed by atoms with Crippen LogP contribution in [-0.4, -0.2) is 39.4 Å². The van der Waals surface area contributed by atoms with Crippen molar-refractivity contribution in [3.05, 3.63) is 39.4 Å². The summed E-state index contributed by atoms with van der Waals surface area (Å²) in [6.45, 7) is 3.82. The quantitative estimate of drug-likeness (QED) is 0.678. The standard InChI is InChI=1S/C16H20N2O5/c1-3-11-6-7-12(8-14(11)18(22)23)15(19)17-9-13(16(20)21)5-4-10(17)2/h6-8,10,13H,3-5,9H2,1-2H3,(H,20,21). The average molecular weight is 320 g/mol. The second-order valence-corrected chi connectivity index (χ2v) is 5.87. The maximum absolute atomic E-state index is 12.7. The number of nitro groups is 1. The highest BCUT2D eigenvalue weighted by Crippen LogP contribution is 2.26. The molecule has 2 atom stereocenters. The van der Waals surface area contributed by atoms with E-state index < -0.39 is 16.8 Å². The second kappa shape index (κ2) is 6.76. The molecule has 0 saturated carbocycles. The van der Waals surface area contributed by atoms with Crippen molar-refractivity contribution in [3.8, 4) is 0 Å². The molecule has 2 rings (SSSR count). The molecule has 1 fully saturated rings. The van der Waals surface area contributed by atoms with Gasteiger partial charge in [0, 0.05) is 29.8 Å². The van der Waals surface area contributed by atoms with Crippen LogP contribution in [0, 0.1) is 16.0 Å². The SMILES string of the molecule is CCc1ccc(C(=O)N2CC(C(=O)O)CCC2C)cc1[N+](=O)[O-]. The first kappa shape index (κ1) is 16.9. The molecule has 1 aliphatic heterocycles. The van der Waals surface area contributed by atoms with E-state index in [1.807, 2.05) is 13.8 Å². The fourth-order valence-corrected chi connectivity index (χ4v) is 2.92. The summed E-state index contributed by atoms with van der Waals surface area (Å²) in [5, 5.41) is 20.3. The van der Waals surface area contributed by atoms with E-state index in [0.717, 1.165) is 0 Å². The van der Waals surface area contributed by atoms with E-state index in [4.69, 9.17) is 5.11 Å². The summed E-state index contributed by atoms with van der Waals surface area (Å²) in [4.78, 5) is 36.0. The normalized spacial score (nSPS) is 21.0. The number of aliphatic carboxylic acids is 1. The molecule has 0 radical (unpaired) electrons. The Labute approximate surface area is 134 Å². The Hall–Kier alpha value is -2.44. The predicted molar refractivity (Wildman–Crippen MR) is 83.3 cm³/mol. The lowest BCUT2D eigenvalue weighted by Crippen LogP contribution is -2.47. The molecule has 1 aromatic carbocycles. The molecule has 1 aliphatic rings. The third-order valence-corrected chi connectivity index (χ3v) is 4.40. The summed E-state index contributed by atoms with van der Waals surface area (Å²) in [7, 11) is 0. The molecule has 1 N–H and O–H groups in total. The van der Waals surface area contributed by atoms with Gasteiger partial charge in [-0.1, -0.05) is 13.0 Å². The highest BCUT2D eigenvalue weighted by Gasteiger charge is 2.33. The molecule has 7 heteroatoms. The summed E-state index contributed by atoms with van der Waals surface area (Å²) in [5.41, 5.74) is 0.728. The molecule has 0 aromatic heterocycles. The number of likely N-dealkylation sites (tertiary alicyclic amines) is 1. The number of carboxylic acids is 1. The van der Waals surface area contributed by atoms with Crippen molar-refractivity contribution in [2.75, 3.05) is 6.54 Å². The first-order chi connectivity index (χ1) is 10.8. The molecule has 23 heavy (non-hydrogen) atoms. The lowest BCUT2D eigenvalue weighted by molar-refractivity contribution is -0.385. The van der Waals surface area contributed by atoms with Crippen molar-refractivity contribution in [1.29, 1.82) is 0 Å². The summed E-state index contributed by atoms with van der Waals surface area (Å²) in [5.74, 6) is -1.85. The van der Waals surface area contributed by atoms with Gasteiger partial charge in [-0.2, -0.15) is 0 Å². The molecule has 124 valence electrons. The smallest absolute Gasteiger partial charge is 0.308 e. The highest BCUT2D eigenvalue weighted by molar-refractivity contribution is 5.95. The topological polar surface area (TPSA) is 101 Å². The third-order valence-electron chi connectivity index (χ3n) is 4.40. The predicted octanol–water partition coefficient (Wildman–Crippen LogP) is 2.48. The lowest BCUT2D eigenvalue weighted by Gasteiger charge is -2.36. The number of hydrogen-bond acceptors (Lipinski definition) is 4. The molecule has 7 nitrogen and oxygen atoms in total. The Bertz CT molecular complexity index is 643. The molecule has 0 bridgehead atoms. The van der Waals surface area contributed by atoms with E-state index in [2.05, 4.69) is 0 Å². The molecule has 0 spiro atoms. The highest BCUT2D eigenvalue weighted by atomic mass is 16.6. The van der Waals surface area contributed by atoms with Gasteiger partial charge in [0.2, 0.25) is 0 Å². The number of rotatable bonds is 4. The Morgan fingerprint density at radius 2 is 2.09 bits per heavy atom. The fourth-order valence-electron chi connectivity index (χ4n) is 2.92. The largest absolute Gasteiger partial charge is 0.481 e. The average Bonchev–Trinajstić information content (AvgIpc) is 2.53. The van der Waals surface area contributed by atoms with E-state index in [1.165, 1.54) is 11.0 Å². The number of nitrogens with zero attached hydrogens (tertiary/aromatic N) is 2. The van der Waals surface area contributed by atoms with Gasteiger partial charge in [0.15, 0.2) is 0 Å². The van der Waals surface area contributed by atoms with Gasteiger partial charge in [-0.3, -0.25) is 19.7 Å². The maximum atomic E-state index is 12.7. The van der Waals surface area contributed by atoms with E-state index in [9.17, 15) is 19.7 Å². The van der Waals surface area contributed by atoms with Crippen LogP contribution < -0.4 is 0 Å². The molecular formula is C16H20N2O5. The zero-order valence-corrected chi connectivity index (χ0v) is 13.2. The Balaban J connectivity index is 2.30. The molecule has 1 amide bonds. The molecule has 1 aromatic rings. The van der Waals surface area contributed by atoms with Gasteiger partial charge >= 0.3 is 5.97 Å². The minimum absolute atomic E-state index is 0.0715. The van der Waals surface area contributed by atoms with E-state index in [-0.39, 0.29) is 29.7 Å². The first-order valence-electron chi connectivity index (χ1n) is 7.66. The van der Waals surface area contributed by atoms with Gasteiger partial charge in [-0.15, -0.1) is 0 Å².